The molecule has 4 nitrogen and oxygen atoms in total. The lowest BCUT2D eigenvalue weighted by Gasteiger charge is -2.15. The molecule has 0 amide bonds. The summed E-state index contributed by atoms with van der Waals surface area (Å²) in [5, 5.41) is 9.10. The summed E-state index contributed by atoms with van der Waals surface area (Å²) in [5.74, 6) is 0.807. The summed E-state index contributed by atoms with van der Waals surface area (Å²) >= 11 is 0. The van der Waals surface area contributed by atoms with Gasteiger partial charge in [-0.15, -0.1) is 10.2 Å². The number of hydrogen-bond donors (Lipinski definition) is 0. The Morgan fingerprint density at radius 2 is 1.62 bits per heavy atom. The molecule has 0 aliphatic rings. The van der Waals surface area contributed by atoms with Gasteiger partial charge in [0.25, 0.3) is 0 Å². The molecule has 0 unspecified atom stereocenters. The van der Waals surface area contributed by atoms with E-state index >= 15 is 0 Å². The van der Waals surface area contributed by atoms with Crippen molar-refractivity contribution in [3.8, 4) is 0 Å². The number of aromatic nitrogens is 2. The van der Waals surface area contributed by atoms with Crippen LogP contribution in [-0.4, -0.2) is 9.38 Å². The molecule has 24 heavy (non-hydrogen) atoms. The summed E-state index contributed by atoms with van der Waals surface area (Å²) in [5.41, 5.74) is 6.18. The smallest absolute Gasteiger partial charge is 0.183 e. The minimum absolute atomic E-state index is 0.101. The second kappa shape index (κ2) is 5.86. The molecule has 0 spiro atoms. The van der Waals surface area contributed by atoms with E-state index in [0.29, 0.717) is 0 Å². The Morgan fingerprint density at radius 3 is 2.29 bits per heavy atom. The SMILES string of the molecule is Cc1ccc(N=Nc2c(C(C)(C)C)nc3ccc(C)cn23)c(C)c1. The number of nitrogens with zero attached hydrogens (tertiary/aromatic N) is 4. The van der Waals surface area contributed by atoms with Crippen molar-refractivity contribution in [2.24, 2.45) is 10.2 Å². The van der Waals surface area contributed by atoms with Crippen LogP contribution in [0.5, 0.6) is 0 Å². The fourth-order valence-corrected chi connectivity index (χ4v) is 2.76. The predicted molar refractivity (Wildman–Crippen MR) is 98.7 cm³/mol. The van der Waals surface area contributed by atoms with Crippen LogP contribution in [0, 0.1) is 20.8 Å². The molecular weight excluding hydrogens is 296 g/mol. The zero-order valence-electron chi connectivity index (χ0n) is 15.3. The molecule has 0 bridgehead atoms. The average Bonchev–Trinajstić information content (AvgIpc) is 2.84. The largest absolute Gasteiger partial charge is 0.283 e. The molecule has 2 aromatic heterocycles. The topological polar surface area (TPSA) is 42.0 Å². The number of hydrogen-bond acceptors (Lipinski definition) is 3. The van der Waals surface area contributed by atoms with Gasteiger partial charge in [-0.2, -0.15) is 0 Å². The lowest BCUT2D eigenvalue weighted by atomic mass is 9.92. The van der Waals surface area contributed by atoms with Crippen molar-refractivity contribution in [1.82, 2.24) is 9.38 Å². The number of azo groups is 1. The van der Waals surface area contributed by atoms with Crippen molar-refractivity contribution in [1.29, 1.82) is 0 Å². The van der Waals surface area contributed by atoms with Gasteiger partial charge >= 0.3 is 0 Å². The highest BCUT2D eigenvalue weighted by Gasteiger charge is 2.24. The fraction of sp³-hybridized carbons (Fsp3) is 0.350. The first-order valence-corrected chi connectivity index (χ1v) is 8.24. The second-order valence-corrected chi connectivity index (χ2v) is 7.46. The molecule has 0 N–H and O–H groups in total. The third-order valence-corrected chi connectivity index (χ3v) is 4.06. The van der Waals surface area contributed by atoms with Crippen molar-refractivity contribution >= 4 is 17.2 Å². The van der Waals surface area contributed by atoms with Crippen LogP contribution in [0.3, 0.4) is 0 Å². The van der Waals surface area contributed by atoms with Gasteiger partial charge in [-0.1, -0.05) is 44.5 Å². The number of rotatable bonds is 2. The van der Waals surface area contributed by atoms with Gasteiger partial charge < -0.3 is 0 Å². The summed E-state index contributed by atoms with van der Waals surface area (Å²) in [6, 6.07) is 10.3. The molecule has 0 fully saturated rings. The number of aryl methyl sites for hydroxylation is 3. The average molecular weight is 320 g/mol. The maximum absolute atomic E-state index is 4.78. The number of imidazole rings is 1. The molecule has 0 aliphatic heterocycles. The highest BCUT2D eigenvalue weighted by atomic mass is 15.2. The van der Waals surface area contributed by atoms with E-state index in [4.69, 9.17) is 4.98 Å². The summed E-state index contributed by atoms with van der Waals surface area (Å²) < 4.78 is 2.03. The van der Waals surface area contributed by atoms with Crippen molar-refractivity contribution in [2.75, 3.05) is 0 Å². The number of benzene rings is 1. The third-order valence-electron chi connectivity index (χ3n) is 4.06. The normalized spacial score (nSPS) is 12.4. The van der Waals surface area contributed by atoms with E-state index in [1.165, 1.54) is 11.1 Å². The first kappa shape index (κ1) is 16.4. The molecular formula is C20H24N4. The first-order chi connectivity index (χ1) is 11.3. The van der Waals surface area contributed by atoms with Crippen molar-refractivity contribution in [2.45, 2.75) is 47.0 Å². The zero-order chi connectivity index (χ0) is 17.5. The Balaban J connectivity index is 2.16. The van der Waals surface area contributed by atoms with Gasteiger partial charge in [-0.25, -0.2) is 4.98 Å². The molecule has 0 saturated carbocycles. The Hall–Kier alpha value is -2.49. The van der Waals surface area contributed by atoms with E-state index in [-0.39, 0.29) is 5.41 Å². The van der Waals surface area contributed by atoms with Crippen molar-refractivity contribution < 1.29 is 0 Å². The first-order valence-electron chi connectivity index (χ1n) is 8.24. The van der Waals surface area contributed by atoms with E-state index in [1.807, 2.05) is 16.5 Å². The van der Waals surface area contributed by atoms with Crippen LogP contribution < -0.4 is 0 Å². The Labute approximate surface area is 143 Å². The fourth-order valence-electron chi connectivity index (χ4n) is 2.76. The standard InChI is InChI=1S/C20H24N4/c1-13-7-9-16(15(3)11-13)22-23-19-18(20(4,5)6)21-17-10-8-14(2)12-24(17)19/h7-12H,1-6H3. The monoisotopic (exact) mass is 320 g/mol. The molecule has 124 valence electrons. The maximum atomic E-state index is 4.78. The molecule has 0 radical (unpaired) electrons. The van der Waals surface area contributed by atoms with E-state index in [0.717, 1.165) is 28.4 Å². The summed E-state index contributed by atoms with van der Waals surface area (Å²) in [6.07, 6.45) is 2.06. The Bertz CT molecular complexity index is 927. The van der Waals surface area contributed by atoms with Crippen LogP contribution in [0.1, 0.15) is 43.2 Å². The molecule has 0 atom stereocenters. The predicted octanol–water partition coefficient (Wildman–Crippen LogP) is 5.97. The minimum Gasteiger partial charge on any atom is -0.283 e. The van der Waals surface area contributed by atoms with Gasteiger partial charge in [0.1, 0.15) is 5.65 Å². The molecule has 2 heterocycles. The van der Waals surface area contributed by atoms with Crippen LogP contribution in [0.2, 0.25) is 0 Å². The van der Waals surface area contributed by atoms with Gasteiger partial charge in [-0.3, -0.25) is 4.40 Å². The van der Waals surface area contributed by atoms with Gasteiger partial charge in [0.15, 0.2) is 5.82 Å². The summed E-state index contributed by atoms with van der Waals surface area (Å²) in [6.45, 7) is 12.7. The Kier molecular flexibility index (Phi) is 3.99. The van der Waals surface area contributed by atoms with Crippen LogP contribution in [-0.2, 0) is 5.41 Å². The van der Waals surface area contributed by atoms with Crippen molar-refractivity contribution in [3.63, 3.8) is 0 Å². The Morgan fingerprint density at radius 1 is 0.917 bits per heavy atom. The van der Waals surface area contributed by atoms with Gasteiger partial charge in [0, 0.05) is 11.6 Å². The zero-order valence-corrected chi connectivity index (χ0v) is 15.3. The van der Waals surface area contributed by atoms with E-state index in [2.05, 4.69) is 76.2 Å². The quantitative estimate of drug-likeness (QED) is 0.536. The molecule has 4 heteroatoms. The molecule has 1 aromatic carbocycles. The minimum atomic E-state index is -0.101. The van der Waals surface area contributed by atoms with Crippen LogP contribution in [0.15, 0.2) is 46.8 Å². The van der Waals surface area contributed by atoms with E-state index in [1.54, 1.807) is 0 Å². The molecule has 0 saturated heterocycles. The lowest BCUT2D eigenvalue weighted by Crippen LogP contribution is -2.11. The van der Waals surface area contributed by atoms with Crippen LogP contribution >= 0.6 is 0 Å². The summed E-state index contributed by atoms with van der Waals surface area (Å²) in [4.78, 5) is 4.78. The van der Waals surface area contributed by atoms with Gasteiger partial charge in [0.2, 0.25) is 0 Å². The number of pyridine rings is 1. The maximum Gasteiger partial charge on any atom is 0.183 e. The van der Waals surface area contributed by atoms with Gasteiger partial charge in [-0.05, 0) is 44.0 Å². The third kappa shape index (κ3) is 3.09. The number of fused-ring (bicyclic) bond motifs is 1. The lowest BCUT2D eigenvalue weighted by molar-refractivity contribution is 0.574. The molecule has 0 aliphatic carbocycles. The van der Waals surface area contributed by atoms with Gasteiger partial charge in [0.05, 0.1) is 11.4 Å². The van der Waals surface area contributed by atoms with Crippen LogP contribution in [0.25, 0.3) is 5.65 Å². The van der Waals surface area contributed by atoms with E-state index < -0.39 is 0 Å². The highest BCUT2D eigenvalue weighted by molar-refractivity contribution is 5.55. The van der Waals surface area contributed by atoms with Crippen molar-refractivity contribution in [3.05, 3.63) is 58.9 Å². The molecule has 3 aromatic rings. The highest BCUT2D eigenvalue weighted by Crippen LogP contribution is 2.33. The summed E-state index contributed by atoms with van der Waals surface area (Å²) in [7, 11) is 0. The molecule has 3 rings (SSSR count). The van der Waals surface area contributed by atoms with E-state index in [9.17, 15) is 0 Å². The second-order valence-electron chi connectivity index (χ2n) is 7.46. The van der Waals surface area contributed by atoms with Crippen LogP contribution in [0.4, 0.5) is 11.5 Å².